The Bertz CT molecular complexity index is 560. The predicted molar refractivity (Wildman–Crippen MR) is 98.3 cm³/mol. The Morgan fingerprint density at radius 2 is 2.08 bits per heavy atom. The molecule has 0 amide bonds. The third-order valence-electron chi connectivity index (χ3n) is 5.42. The first-order chi connectivity index (χ1) is 11.6. The molecule has 1 saturated heterocycles. The lowest BCUT2D eigenvalue weighted by atomic mass is 10.1. The van der Waals surface area contributed by atoms with Gasteiger partial charge in [-0.05, 0) is 45.1 Å². The lowest BCUT2D eigenvalue weighted by Gasteiger charge is -2.21. The Morgan fingerprint density at radius 3 is 2.75 bits per heavy atom. The molecule has 1 aliphatic heterocycles. The van der Waals surface area contributed by atoms with Gasteiger partial charge in [0.05, 0.1) is 0 Å². The maximum Gasteiger partial charge on any atom is 0.191 e. The van der Waals surface area contributed by atoms with Crippen molar-refractivity contribution < 1.29 is 4.42 Å². The number of hydrogen-bond acceptors (Lipinski definition) is 3. The normalized spacial score (nSPS) is 23.1. The van der Waals surface area contributed by atoms with Crippen molar-refractivity contribution in [2.24, 2.45) is 10.9 Å². The van der Waals surface area contributed by atoms with Crippen LogP contribution in [-0.2, 0) is 6.54 Å². The molecule has 3 rings (SSSR count). The summed E-state index contributed by atoms with van der Waals surface area (Å²) in [6, 6.07) is 2.60. The molecule has 1 atom stereocenters. The van der Waals surface area contributed by atoms with Crippen LogP contribution < -0.4 is 10.6 Å². The number of furan rings is 1. The number of hydrogen-bond donors (Lipinski definition) is 2. The van der Waals surface area contributed by atoms with E-state index < -0.39 is 0 Å². The van der Waals surface area contributed by atoms with Gasteiger partial charge in [-0.25, -0.2) is 0 Å². The Labute approximate surface area is 145 Å². The molecule has 134 valence electrons. The average Bonchev–Trinajstić information content (AvgIpc) is 3.27. The monoisotopic (exact) mass is 332 g/mol. The van der Waals surface area contributed by atoms with Crippen molar-refractivity contribution in [2.75, 3.05) is 26.7 Å². The molecule has 1 aromatic rings. The number of nitrogens with zero attached hydrogens (tertiary/aromatic N) is 2. The van der Waals surface area contributed by atoms with Gasteiger partial charge in [0.2, 0.25) is 0 Å². The Kier molecular flexibility index (Phi) is 5.82. The highest BCUT2D eigenvalue weighted by atomic mass is 16.3. The topological polar surface area (TPSA) is 52.8 Å². The molecule has 5 heteroatoms. The van der Waals surface area contributed by atoms with Gasteiger partial charge in [-0.15, -0.1) is 0 Å². The van der Waals surface area contributed by atoms with Crippen molar-refractivity contribution in [3.63, 3.8) is 0 Å². The zero-order valence-corrected chi connectivity index (χ0v) is 15.4. The van der Waals surface area contributed by atoms with Gasteiger partial charge in [-0.2, -0.15) is 0 Å². The molecule has 2 N–H and O–H groups in total. The van der Waals surface area contributed by atoms with E-state index in [-0.39, 0.29) is 0 Å². The standard InChI is InChI=1S/C19H32N4O/c1-14-10-17(15(2)24-14)11-21-19(20-3)22-18-8-9-23(13-18)12-16-6-4-5-7-16/h10,16,18H,4-9,11-13H2,1-3H3,(H2,20,21,22). The number of aryl methyl sites for hydroxylation is 2. The Balaban J connectivity index is 1.43. The summed E-state index contributed by atoms with van der Waals surface area (Å²) in [7, 11) is 1.84. The fourth-order valence-corrected chi connectivity index (χ4v) is 4.10. The molecular weight excluding hydrogens is 300 g/mol. The molecule has 2 aliphatic rings. The second kappa shape index (κ2) is 8.06. The van der Waals surface area contributed by atoms with Crippen molar-refractivity contribution >= 4 is 5.96 Å². The smallest absolute Gasteiger partial charge is 0.191 e. The first-order valence-corrected chi connectivity index (χ1v) is 9.39. The minimum absolute atomic E-state index is 0.504. The molecule has 0 radical (unpaired) electrons. The predicted octanol–water partition coefficient (Wildman–Crippen LogP) is 2.83. The molecule has 1 aliphatic carbocycles. The summed E-state index contributed by atoms with van der Waals surface area (Å²) >= 11 is 0. The summed E-state index contributed by atoms with van der Waals surface area (Å²) in [5.41, 5.74) is 1.20. The zero-order valence-electron chi connectivity index (χ0n) is 15.4. The molecule has 1 unspecified atom stereocenters. The SMILES string of the molecule is CN=C(NCc1cc(C)oc1C)NC1CCN(CC2CCCC2)C1. The van der Waals surface area contributed by atoms with E-state index >= 15 is 0 Å². The van der Waals surface area contributed by atoms with Crippen molar-refractivity contribution in [3.8, 4) is 0 Å². The van der Waals surface area contributed by atoms with Gasteiger partial charge in [0.1, 0.15) is 11.5 Å². The van der Waals surface area contributed by atoms with E-state index in [9.17, 15) is 0 Å². The van der Waals surface area contributed by atoms with E-state index in [1.807, 2.05) is 20.9 Å². The Morgan fingerprint density at radius 1 is 1.29 bits per heavy atom. The van der Waals surface area contributed by atoms with Crippen LogP contribution in [0.25, 0.3) is 0 Å². The van der Waals surface area contributed by atoms with Gasteiger partial charge in [-0.1, -0.05) is 12.8 Å². The average molecular weight is 332 g/mol. The van der Waals surface area contributed by atoms with Gasteiger partial charge >= 0.3 is 0 Å². The van der Waals surface area contributed by atoms with E-state index in [4.69, 9.17) is 4.42 Å². The number of nitrogens with one attached hydrogen (secondary N) is 2. The van der Waals surface area contributed by atoms with Gasteiger partial charge < -0.3 is 20.0 Å². The van der Waals surface area contributed by atoms with Gasteiger partial charge in [0.15, 0.2) is 5.96 Å². The molecule has 0 aromatic carbocycles. The summed E-state index contributed by atoms with van der Waals surface area (Å²) in [4.78, 5) is 7.01. The lowest BCUT2D eigenvalue weighted by Crippen LogP contribution is -2.44. The van der Waals surface area contributed by atoms with Crippen LogP contribution in [0.5, 0.6) is 0 Å². The Hall–Kier alpha value is -1.49. The molecule has 2 heterocycles. The highest BCUT2D eigenvalue weighted by Gasteiger charge is 2.26. The molecule has 5 nitrogen and oxygen atoms in total. The van der Waals surface area contributed by atoms with Crippen LogP contribution in [-0.4, -0.2) is 43.6 Å². The summed E-state index contributed by atoms with van der Waals surface area (Å²) in [6.45, 7) is 8.39. The van der Waals surface area contributed by atoms with Crippen molar-refractivity contribution in [3.05, 3.63) is 23.2 Å². The highest BCUT2D eigenvalue weighted by Crippen LogP contribution is 2.26. The molecule has 1 aromatic heterocycles. The fourth-order valence-electron chi connectivity index (χ4n) is 4.10. The quantitative estimate of drug-likeness (QED) is 0.643. The number of aliphatic imine (C=N–C) groups is 1. The lowest BCUT2D eigenvalue weighted by molar-refractivity contribution is 0.275. The molecule has 0 bridgehead atoms. The second-order valence-corrected chi connectivity index (χ2v) is 7.40. The third-order valence-corrected chi connectivity index (χ3v) is 5.42. The highest BCUT2D eigenvalue weighted by molar-refractivity contribution is 5.80. The van der Waals surface area contributed by atoms with Crippen molar-refractivity contribution in [1.82, 2.24) is 15.5 Å². The largest absolute Gasteiger partial charge is 0.466 e. The maximum atomic E-state index is 5.58. The van der Waals surface area contributed by atoms with E-state index in [2.05, 4.69) is 26.6 Å². The van der Waals surface area contributed by atoms with Gasteiger partial charge in [0, 0.05) is 44.8 Å². The van der Waals surface area contributed by atoms with Gasteiger partial charge in [-0.3, -0.25) is 4.99 Å². The molecular formula is C19H32N4O. The van der Waals surface area contributed by atoms with Crippen LogP contribution in [0.2, 0.25) is 0 Å². The van der Waals surface area contributed by atoms with E-state index in [1.54, 1.807) is 0 Å². The first-order valence-electron chi connectivity index (χ1n) is 9.39. The van der Waals surface area contributed by atoms with Crippen LogP contribution >= 0.6 is 0 Å². The first kappa shape index (κ1) is 17.3. The fraction of sp³-hybridized carbons (Fsp3) is 0.737. The van der Waals surface area contributed by atoms with Gasteiger partial charge in [0.25, 0.3) is 0 Å². The minimum Gasteiger partial charge on any atom is -0.466 e. The summed E-state index contributed by atoms with van der Waals surface area (Å²) in [6.07, 6.45) is 6.94. The minimum atomic E-state index is 0.504. The maximum absolute atomic E-state index is 5.58. The van der Waals surface area contributed by atoms with E-state index in [1.165, 1.54) is 50.8 Å². The number of rotatable bonds is 5. The zero-order chi connectivity index (χ0) is 16.9. The molecule has 0 spiro atoms. The molecule has 2 fully saturated rings. The van der Waals surface area contributed by atoms with Crippen LogP contribution in [0.4, 0.5) is 0 Å². The summed E-state index contributed by atoms with van der Waals surface area (Å²) < 4.78 is 5.58. The van der Waals surface area contributed by atoms with E-state index in [0.717, 1.165) is 36.5 Å². The summed E-state index contributed by atoms with van der Waals surface area (Å²) in [5.74, 6) is 3.78. The summed E-state index contributed by atoms with van der Waals surface area (Å²) in [5, 5.41) is 7.00. The third kappa shape index (κ3) is 4.53. The van der Waals surface area contributed by atoms with Crippen LogP contribution in [0.1, 0.15) is 49.2 Å². The van der Waals surface area contributed by atoms with Crippen LogP contribution in [0.15, 0.2) is 15.5 Å². The second-order valence-electron chi connectivity index (χ2n) is 7.40. The van der Waals surface area contributed by atoms with Crippen molar-refractivity contribution in [1.29, 1.82) is 0 Å². The van der Waals surface area contributed by atoms with Crippen LogP contribution in [0, 0.1) is 19.8 Å². The molecule has 1 saturated carbocycles. The van der Waals surface area contributed by atoms with Crippen LogP contribution in [0.3, 0.4) is 0 Å². The number of likely N-dealkylation sites (tertiary alicyclic amines) is 1. The van der Waals surface area contributed by atoms with E-state index in [0.29, 0.717) is 6.04 Å². The van der Waals surface area contributed by atoms with Crippen molar-refractivity contribution in [2.45, 2.75) is 58.5 Å². The number of guanidine groups is 1. The molecule has 24 heavy (non-hydrogen) atoms.